The fraction of sp³-hybridized carbons (Fsp3) is 0.200. The average molecular weight is 401 g/mol. The third-order valence-electron chi connectivity index (χ3n) is 3.02. The molecule has 0 fully saturated rings. The van der Waals surface area contributed by atoms with E-state index in [0.717, 1.165) is 21.1 Å². The minimum Gasteiger partial charge on any atom is -0.279 e. The standard InChI is InChI=1S/C15H16INO2S/c1-3-12-10-13(16)6-9-15(12)17-20(18,19)14-7-4-11(2)5-8-14/h4-10,17H,3H2,1-2H3. The second kappa shape index (κ2) is 6.13. The molecular weight excluding hydrogens is 385 g/mol. The SMILES string of the molecule is CCc1cc(I)ccc1NS(=O)(=O)c1ccc(C)cc1. The molecule has 0 bridgehead atoms. The van der Waals surface area contributed by atoms with Gasteiger partial charge in [-0.15, -0.1) is 0 Å². The van der Waals surface area contributed by atoms with E-state index in [1.807, 2.05) is 32.0 Å². The summed E-state index contributed by atoms with van der Waals surface area (Å²) in [5.74, 6) is 0. The number of anilines is 1. The van der Waals surface area contributed by atoms with Crippen molar-refractivity contribution in [3.05, 3.63) is 57.2 Å². The molecule has 2 rings (SSSR count). The Bertz CT molecular complexity index is 709. The van der Waals surface area contributed by atoms with Gasteiger partial charge >= 0.3 is 0 Å². The van der Waals surface area contributed by atoms with Crippen molar-refractivity contribution in [3.8, 4) is 0 Å². The highest BCUT2D eigenvalue weighted by Gasteiger charge is 2.15. The maximum absolute atomic E-state index is 12.4. The van der Waals surface area contributed by atoms with Gasteiger partial charge in [0.2, 0.25) is 0 Å². The summed E-state index contributed by atoms with van der Waals surface area (Å²) >= 11 is 2.22. The molecule has 2 aromatic rings. The van der Waals surface area contributed by atoms with Crippen LogP contribution in [0, 0.1) is 10.5 Å². The zero-order valence-corrected chi connectivity index (χ0v) is 14.3. The van der Waals surface area contributed by atoms with E-state index >= 15 is 0 Å². The summed E-state index contributed by atoms with van der Waals surface area (Å²) in [6.07, 6.45) is 0.780. The largest absolute Gasteiger partial charge is 0.279 e. The maximum atomic E-state index is 12.4. The molecule has 0 aromatic heterocycles. The molecule has 2 aromatic carbocycles. The zero-order chi connectivity index (χ0) is 14.8. The van der Waals surface area contributed by atoms with Crippen LogP contribution in [0.4, 0.5) is 5.69 Å². The van der Waals surface area contributed by atoms with Gasteiger partial charge in [0.1, 0.15) is 0 Å². The predicted octanol–water partition coefficient (Wildman–Crippen LogP) is 3.96. The quantitative estimate of drug-likeness (QED) is 0.789. The Kier molecular flexibility index (Phi) is 4.70. The third kappa shape index (κ3) is 3.52. The third-order valence-corrected chi connectivity index (χ3v) is 5.08. The first-order valence-corrected chi connectivity index (χ1v) is 8.86. The van der Waals surface area contributed by atoms with Gasteiger partial charge in [-0.2, -0.15) is 0 Å². The van der Waals surface area contributed by atoms with Gasteiger partial charge in [0.25, 0.3) is 10.0 Å². The van der Waals surface area contributed by atoms with E-state index in [0.29, 0.717) is 5.69 Å². The van der Waals surface area contributed by atoms with E-state index in [9.17, 15) is 8.42 Å². The average Bonchev–Trinajstić information content (AvgIpc) is 2.41. The molecule has 0 radical (unpaired) electrons. The molecule has 0 unspecified atom stereocenters. The van der Waals surface area contributed by atoms with Gasteiger partial charge in [-0.05, 0) is 71.8 Å². The Morgan fingerprint density at radius 2 is 1.75 bits per heavy atom. The number of hydrogen-bond donors (Lipinski definition) is 1. The summed E-state index contributed by atoms with van der Waals surface area (Å²) < 4.78 is 28.5. The summed E-state index contributed by atoms with van der Waals surface area (Å²) in [5, 5.41) is 0. The van der Waals surface area contributed by atoms with Crippen molar-refractivity contribution in [1.82, 2.24) is 0 Å². The van der Waals surface area contributed by atoms with Crippen molar-refractivity contribution < 1.29 is 8.42 Å². The first kappa shape index (κ1) is 15.3. The fourth-order valence-electron chi connectivity index (χ4n) is 1.88. The van der Waals surface area contributed by atoms with E-state index in [1.54, 1.807) is 24.3 Å². The van der Waals surface area contributed by atoms with Crippen LogP contribution in [0.3, 0.4) is 0 Å². The van der Waals surface area contributed by atoms with E-state index in [2.05, 4.69) is 27.3 Å². The Morgan fingerprint density at radius 1 is 1.10 bits per heavy atom. The Hall–Kier alpha value is -1.08. The van der Waals surface area contributed by atoms with Crippen LogP contribution in [0.5, 0.6) is 0 Å². The van der Waals surface area contributed by atoms with Gasteiger partial charge in [0.05, 0.1) is 10.6 Å². The lowest BCUT2D eigenvalue weighted by Crippen LogP contribution is -2.14. The summed E-state index contributed by atoms with van der Waals surface area (Å²) in [5.41, 5.74) is 2.67. The molecule has 106 valence electrons. The Balaban J connectivity index is 2.35. The molecule has 3 nitrogen and oxygen atoms in total. The summed E-state index contributed by atoms with van der Waals surface area (Å²) in [7, 11) is -3.53. The van der Waals surface area contributed by atoms with Crippen molar-refractivity contribution in [2.45, 2.75) is 25.2 Å². The minimum absolute atomic E-state index is 0.281. The predicted molar refractivity (Wildman–Crippen MR) is 90.5 cm³/mol. The van der Waals surface area contributed by atoms with E-state index in [-0.39, 0.29) is 4.90 Å². The van der Waals surface area contributed by atoms with Crippen LogP contribution < -0.4 is 4.72 Å². The highest BCUT2D eigenvalue weighted by atomic mass is 127. The lowest BCUT2D eigenvalue weighted by atomic mass is 10.1. The van der Waals surface area contributed by atoms with E-state index in [4.69, 9.17) is 0 Å². The summed E-state index contributed by atoms with van der Waals surface area (Å²) in [6.45, 7) is 3.94. The summed E-state index contributed by atoms with van der Waals surface area (Å²) in [6, 6.07) is 12.5. The van der Waals surface area contributed by atoms with Crippen molar-refractivity contribution in [1.29, 1.82) is 0 Å². The number of halogens is 1. The van der Waals surface area contributed by atoms with Crippen LogP contribution in [0.15, 0.2) is 47.4 Å². The zero-order valence-electron chi connectivity index (χ0n) is 11.4. The van der Waals surface area contributed by atoms with Gasteiger partial charge in [-0.3, -0.25) is 4.72 Å². The smallest absolute Gasteiger partial charge is 0.261 e. The molecule has 0 atom stereocenters. The van der Waals surface area contributed by atoms with Crippen molar-refractivity contribution in [3.63, 3.8) is 0 Å². The molecule has 0 heterocycles. The molecule has 0 saturated heterocycles. The molecule has 0 aliphatic heterocycles. The number of sulfonamides is 1. The maximum Gasteiger partial charge on any atom is 0.261 e. The topological polar surface area (TPSA) is 46.2 Å². The van der Waals surface area contributed by atoms with Crippen molar-refractivity contribution in [2.24, 2.45) is 0 Å². The molecule has 5 heteroatoms. The van der Waals surface area contributed by atoms with Crippen LogP contribution in [-0.4, -0.2) is 8.42 Å². The molecule has 0 amide bonds. The van der Waals surface area contributed by atoms with E-state index < -0.39 is 10.0 Å². The lowest BCUT2D eigenvalue weighted by molar-refractivity contribution is 0.601. The van der Waals surface area contributed by atoms with Crippen LogP contribution in [0.1, 0.15) is 18.1 Å². The van der Waals surface area contributed by atoms with Crippen molar-refractivity contribution in [2.75, 3.05) is 4.72 Å². The van der Waals surface area contributed by atoms with Crippen LogP contribution in [0.25, 0.3) is 0 Å². The molecular formula is C15H16INO2S. The first-order valence-electron chi connectivity index (χ1n) is 6.30. The number of nitrogens with one attached hydrogen (secondary N) is 1. The fourth-order valence-corrected chi connectivity index (χ4v) is 3.53. The molecule has 20 heavy (non-hydrogen) atoms. The number of benzene rings is 2. The highest BCUT2D eigenvalue weighted by Crippen LogP contribution is 2.23. The van der Waals surface area contributed by atoms with Gasteiger partial charge in [-0.1, -0.05) is 24.6 Å². The minimum atomic E-state index is -3.53. The van der Waals surface area contributed by atoms with Gasteiger partial charge in [0, 0.05) is 3.57 Å². The number of hydrogen-bond acceptors (Lipinski definition) is 2. The summed E-state index contributed by atoms with van der Waals surface area (Å²) in [4.78, 5) is 0.281. The van der Waals surface area contributed by atoms with Crippen LogP contribution in [-0.2, 0) is 16.4 Å². The normalized spacial score (nSPS) is 11.3. The van der Waals surface area contributed by atoms with E-state index in [1.165, 1.54) is 0 Å². The number of aryl methyl sites for hydroxylation is 2. The molecule has 1 N–H and O–H groups in total. The molecule has 0 saturated carbocycles. The monoisotopic (exact) mass is 401 g/mol. The van der Waals surface area contributed by atoms with Crippen molar-refractivity contribution >= 4 is 38.3 Å². The molecule has 0 aliphatic carbocycles. The van der Waals surface area contributed by atoms with Gasteiger partial charge in [0.15, 0.2) is 0 Å². The Labute approximate surface area is 133 Å². The Morgan fingerprint density at radius 3 is 2.35 bits per heavy atom. The van der Waals surface area contributed by atoms with Crippen LogP contribution in [0.2, 0.25) is 0 Å². The molecule has 0 aliphatic rings. The second-order valence-corrected chi connectivity index (χ2v) is 7.50. The number of rotatable bonds is 4. The second-order valence-electron chi connectivity index (χ2n) is 4.57. The van der Waals surface area contributed by atoms with Crippen LogP contribution >= 0.6 is 22.6 Å². The highest BCUT2D eigenvalue weighted by molar-refractivity contribution is 14.1. The molecule has 0 spiro atoms. The lowest BCUT2D eigenvalue weighted by Gasteiger charge is -2.12. The first-order chi connectivity index (χ1) is 9.42. The van der Waals surface area contributed by atoms with Gasteiger partial charge in [-0.25, -0.2) is 8.42 Å². The van der Waals surface area contributed by atoms with Gasteiger partial charge < -0.3 is 0 Å².